The minimum absolute atomic E-state index is 0.138. The van der Waals surface area contributed by atoms with Crippen molar-refractivity contribution in [1.29, 1.82) is 0 Å². The SMILES string of the molecule is CC1(C)CN(C(=O)CCN)CCO1. The molecule has 4 heteroatoms. The lowest BCUT2D eigenvalue weighted by atomic mass is 10.1. The van der Waals surface area contributed by atoms with Gasteiger partial charge in [0.2, 0.25) is 5.91 Å². The van der Waals surface area contributed by atoms with Gasteiger partial charge in [-0.1, -0.05) is 0 Å². The predicted octanol–water partition coefficient (Wildman–Crippen LogP) is -0.0274. The van der Waals surface area contributed by atoms with Crippen LogP contribution in [0.3, 0.4) is 0 Å². The molecule has 76 valence electrons. The van der Waals surface area contributed by atoms with Gasteiger partial charge in [0.05, 0.1) is 12.2 Å². The van der Waals surface area contributed by atoms with Crippen molar-refractivity contribution in [3.05, 3.63) is 0 Å². The summed E-state index contributed by atoms with van der Waals surface area (Å²) in [5.41, 5.74) is 5.12. The van der Waals surface area contributed by atoms with Gasteiger partial charge in [-0.3, -0.25) is 4.79 Å². The molecule has 1 fully saturated rings. The minimum Gasteiger partial charge on any atom is -0.372 e. The third-order valence-electron chi connectivity index (χ3n) is 2.14. The fourth-order valence-corrected chi connectivity index (χ4v) is 1.51. The molecule has 0 radical (unpaired) electrons. The highest BCUT2D eigenvalue weighted by atomic mass is 16.5. The number of amides is 1. The van der Waals surface area contributed by atoms with Gasteiger partial charge in [-0.05, 0) is 13.8 Å². The van der Waals surface area contributed by atoms with Gasteiger partial charge < -0.3 is 15.4 Å². The molecule has 1 aliphatic rings. The zero-order chi connectivity index (χ0) is 9.90. The molecular formula is C9H18N2O2. The van der Waals surface area contributed by atoms with Crippen molar-refractivity contribution in [3.63, 3.8) is 0 Å². The van der Waals surface area contributed by atoms with E-state index in [4.69, 9.17) is 10.5 Å². The molecule has 1 aliphatic heterocycles. The maximum Gasteiger partial charge on any atom is 0.224 e. The summed E-state index contributed by atoms with van der Waals surface area (Å²) in [6.45, 7) is 6.41. The first-order chi connectivity index (χ1) is 6.05. The van der Waals surface area contributed by atoms with E-state index in [9.17, 15) is 4.79 Å². The first kappa shape index (κ1) is 10.5. The smallest absolute Gasteiger partial charge is 0.224 e. The second kappa shape index (κ2) is 4.07. The van der Waals surface area contributed by atoms with Crippen LogP contribution in [0.5, 0.6) is 0 Å². The van der Waals surface area contributed by atoms with E-state index < -0.39 is 0 Å². The highest BCUT2D eigenvalue weighted by Crippen LogP contribution is 2.16. The lowest BCUT2D eigenvalue weighted by Gasteiger charge is -2.38. The molecule has 0 aliphatic carbocycles. The van der Waals surface area contributed by atoms with Crippen molar-refractivity contribution >= 4 is 5.91 Å². The van der Waals surface area contributed by atoms with E-state index in [2.05, 4.69) is 0 Å². The number of carbonyl (C=O) groups excluding carboxylic acids is 1. The molecule has 0 aromatic heterocycles. The Morgan fingerprint density at radius 3 is 2.85 bits per heavy atom. The van der Waals surface area contributed by atoms with Gasteiger partial charge in [0.15, 0.2) is 0 Å². The van der Waals surface area contributed by atoms with Crippen LogP contribution in [0.15, 0.2) is 0 Å². The molecule has 1 rings (SSSR count). The number of carbonyl (C=O) groups is 1. The Morgan fingerprint density at radius 2 is 2.31 bits per heavy atom. The number of nitrogens with two attached hydrogens (primary N) is 1. The fraction of sp³-hybridized carbons (Fsp3) is 0.889. The first-order valence-electron chi connectivity index (χ1n) is 4.67. The number of hydrogen-bond acceptors (Lipinski definition) is 3. The van der Waals surface area contributed by atoms with Gasteiger partial charge in [0.1, 0.15) is 0 Å². The molecule has 4 nitrogen and oxygen atoms in total. The molecule has 0 spiro atoms. The molecule has 13 heavy (non-hydrogen) atoms. The van der Waals surface area contributed by atoms with Crippen LogP contribution in [0.4, 0.5) is 0 Å². The van der Waals surface area contributed by atoms with Crippen molar-refractivity contribution in [2.45, 2.75) is 25.9 Å². The van der Waals surface area contributed by atoms with Crippen LogP contribution in [0.25, 0.3) is 0 Å². The summed E-state index contributed by atoms with van der Waals surface area (Å²) in [5, 5.41) is 0. The maximum absolute atomic E-state index is 11.5. The minimum atomic E-state index is -0.206. The van der Waals surface area contributed by atoms with Gasteiger partial charge in [0.25, 0.3) is 0 Å². The Kier molecular flexibility index (Phi) is 3.27. The molecule has 0 unspecified atom stereocenters. The van der Waals surface area contributed by atoms with Crippen molar-refractivity contribution in [2.75, 3.05) is 26.2 Å². The van der Waals surface area contributed by atoms with Crippen LogP contribution in [-0.2, 0) is 9.53 Å². The Bertz CT molecular complexity index is 192. The number of hydrogen-bond donors (Lipinski definition) is 1. The predicted molar refractivity (Wildman–Crippen MR) is 50.3 cm³/mol. The summed E-state index contributed by atoms with van der Waals surface area (Å²) in [7, 11) is 0. The summed E-state index contributed by atoms with van der Waals surface area (Å²) in [4.78, 5) is 13.3. The number of morpholine rings is 1. The average molecular weight is 186 g/mol. The standard InChI is InChI=1S/C9H18N2O2/c1-9(2)7-11(5-6-13-9)8(12)3-4-10/h3-7,10H2,1-2H3. The van der Waals surface area contributed by atoms with E-state index >= 15 is 0 Å². The van der Waals surface area contributed by atoms with Gasteiger partial charge in [0, 0.05) is 26.1 Å². The molecule has 1 saturated heterocycles. The van der Waals surface area contributed by atoms with Gasteiger partial charge in [-0.25, -0.2) is 0 Å². The molecule has 0 atom stereocenters. The summed E-state index contributed by atoms with van der Waals surface area (Å²) < 4.78 is 5.50. The van der Waals surface area contributed by atoms with E-state index in [-0.39, 0.29) is 11.5 Å². The van der Waals surface area contributed by atoms with Crippen LogP contribution in [0, 0.1) is 0 Å². The van der Waals surface area contributed by atoms with Crippen LogP contribution in [0.2, 0.25) is 0 Å². The van der Waals surface area contributed by atoms with E-state index in [1.54, 1.807) is 0 Å². The van der Waals surface area contributed by atoms with Crippen molar-refractivity contribution < 1.29 is 9.53 Å². The highest BCUT2D eigenvalue weighted by Gasteiger charge is 2.29. The second-order valence-electron chi connectivity index (χ2n) is 3.96. The average Bonchev–Trinajstić information content (AvgIpc) is 2.03. The topological polar surface area (TPSA) is 55.6 Å². The van der Waals surface area contributed by atoms with Crippen molar-refractivity contribution in [2.24, 2.45) is 5.73 Å². The quantitative estimate of drug-likeness (QED) is 0.659. The van der Waals surface area contributed by atoms with Crippen LogP contribution >= 0.6 is 0 Å². The van der Waals surface area contributed by atoms with E-state index in [0.717, 1.165) is 0 Å². The van der Waals surface area contributed by atoms with Gasteiger partial charge >= 0.3 is 0 Å². The molecule has 0 bridgehead atoms. The molecule has 0 aromatic carbocycles. The van der Waals surface area contributed by atoms with E-state index in [1.807, 2.05) is 18.7 Å². The molecule has 0 aromatic rings. The normalized spacial score (nSPS) is 21.6. The van der Waals surface area contributed by atoms with E-state index in [1.165, 1.54) is 0 Å². The van der Waals surface area contributed by atoms with Gasteiger partial charge in [-0.2, -0.15) is 0 Å². The molecule has 1 heterocycles. The van der Waals surface area contributed by atoms with Gasteiger partial charge in [-0.15, -0.1) is 0 Å². The number of rotatable bonds is 2. The Hall–Kier alpha value is -0.610. The number of ether oxygens (including phenoxy) is 1. The summed E-state index contributed by atoms with van der Waals surface area (Å²) >= 11 is 0. The summed E-state index contributed by atoms with van der Waals surface area (Å²) in [6, 6.07) is 0. The zero-order valence-electron chi connectivity index (χ0n) is 8.38. The molecule has 2 N–H and O–H groups in total. The summed E-state index contributed by atoms with van der Waals surface area (Å²) in [5.74, 6) is 0.138. The van der Waals surface area contributed by atoms with Crippen molar-refractivity contribution in [3.8, 4) is 0 Å². The van der Waals surface area contributed by atoms with E-state index in [0.29, 0.717) is 32.7 Å². The first-order valence-corrected chi connectivity index (χ1v) is 4.67. The second-order valence-corrected chi connectivity index (χ2v) is 3.96. The maximum atomic E-state index is 11.5. The lowest BCUT2D eigenvalue weighted by Crippen LogP contribution is -2.50. The monoisotopic (exact) mass is 186 g/mol. The fourth-order valence-electron chi connectivity index (χ4n) is 1.51. The summed E-state index contributed by atoms with van der Waals surface area (Å²) in [6.07, 6.45) is 0.441. The highest BCUT2D eigenvalue weighted by molar-refractivity contribution is 5.76. The molecule has 0 saturated carbocycles. The van der Waals surface area contributed by atoms with Crippen LogP contribution in [-0.4, -0.2) is 42.6 Å². The molecular weight excluding hydrogens is 168 g/mol. The van der Waals surface area contributed by atoms with Crippen molar-refractivity contribution in [1.82, 2.24) is 4.90 Å². The number of nitrogens with zero attached hydrogens (tertiary/aromatic N) is 1. The Morgan fingerprint density at radius 1 is 1.62 bits per heavy atom. The largest absolute Gasteiger partial charge is 0.372 e. The lowest BCUT2D eigenvalue weighted by molar-refractivity contribution is -0.145. The van der Waals surface area contributed by atoms with Crippen LogP contribution < -0.4 is 5.73 Å². The zero-order valence-corrected chi connectivity index (χ0v) is 8.38. The third-order valence-corrected chi connectivity index (χ3v) is 2.14. The third kappa shape index (κ3) is 2.97. The van der Waals surface area contributed by atoms with Crippen LogP contribution in [0.1, 0.15) is 20.3 Å². The molecule has 1 amide bonds. The Balaban J connectivity index is 2.47. The Labute approximate surface area is 79.0 Å².